The summed E-state index contributed by atoms with van der Waals surface area (Å²) in [5.41, 5.74) is 1.15. The van der Waals surface area contributed by atoms with Crippen molar-refractivity contribution in [2.75, 3.05) is 19.3 Å². The second kappa shape index (κ2) is 6.15. The van der Waals surface area contributed by atoms with Crippen molar-refractivity contribution in [2.45, 2.75) is 32.7 Å². The van der Waals surface area contributed by atoms with Crippen LogP contribution in [-0.2, 0) is 10.0 Å². The lowest BCUT2D eigenvalue weighted by atomic mass is 9.98. The van der Waals surface area contributed by atoms with Gasteiger partial charge in [0.2, 0.25) is 10.0 Å². The first-order valence-electron chi connectivity index (χ1n) is 7.09. The van der Waals surface area contributed by atoms with Gasteiger partial charge in [-0.2, -0.15) is 9.40 Å². The predicted molar refractivity (Wildman–Crippen MR) is 79.4 cm³/mol. The first-order chi connectivity index (χ1) is 9.81. The number of hydrogen-bond acceptors (Lipinski definition) is 4. The molecule has 0 spiro atoms. The average Bonchev–Trinajstić information content (AvgIpc) is 2.97. The molecule has 0 unspecified atom stereocenters. The highest BCUT2D eigenvalue weighted by molar-refractivity contribution is 7.88. The van der Waals surface area contributed by atoms with Crippen molar-refractivity contribution < 1.29 is 13.2 Å². The van der Waals surface area contributed by atoms with E-state index in [0.29, 0.717) is 18.8 Å². The fourth-order valence-corrected chi connectivity index (χ4v) is 3.60. The predicted octanol–water partition coefficient (Wildman–Crippen LogP) is 0.508. The molecule has 1 fully saturated rings. The third-order valence-electron chi connectivity index (χ3n) is 3.79. The summed E-state index contributed by atoms with van der Waals surface area (Å²) in [6.07, 6.45) is 3.05. The van der Waals surface area contributed by atoms with Crippen molar-refractivity contribution in [3.8, 4) is 0 Å². The number of aryl methyl sites for hydroxylation is 1. The monoisotopic (exact) mass is 314 g/mol. The number of sulfonamides is 1. The highest BCUT2D eigenvalue weighted by Crippen LogP contribution is 2.24. The van der Waals surface area contributed by atoms with Gasteiger partial charge in [-0.05, 0) is 25.3 Å². The quantitative estimate of drug-likeness (QED) is 0.827. The Morgan fingerprint density at radius 1 is 1.52 bits per heavy atom. The molecule has 7 nitrogen and oxygen atoms in total. The normalized spacial score (nSPS) is 23.4. The lowest BCUT2D eigenvalue weighted by molar-refractivity contribution is 0.0924. The lowest BCUT2D eigenvalue weighted by Crippen LogP contribution is -2.41. The van der Waals surface area contributed by atoms with Crippen LogP contribution in [0.4, 0.5) is 0 Å². The molecule has 2 atom stereocenters. The van der Waals surface area contributed by atoms with Gasteiger partial charge >= 0.3 is 0 Å². The van der Waals surface area contributed by atoms with Crippen LogP contribution in [0.5, 0.6) is 0 Å². The van der Waals surface area contributed by atoms with Crippen LogP contribution in [0.15, 0.2) is 6.07 Å². The van der Waals surface area contributed by atoms with Gasteiger partial charge in [0.25, 0.3) is 5.91 Å². The van der Waals surface area contributed by atoms with Gasteiger partial charge in [0.05, 0.1) is 6.26 Å². The molecule has 0 aliphatic carbocycles. The van der Waals surface area contributed by atoms with Crippen LogP contribution in [-0.4, -0.2) is 54.2 Å². The SMILES string of the molecule is CCC[C@@H]1CN(S(C)(=O)=O)C[C@H]1NC(=O)c1cc(C)[nH]n1. The molecule has 1 saturated heterocycles. The Kier molecular flexibility index (Phi) is 4.67. The number of rotatable bonds is 5. The minimum Gasteiger partial charge on any atom is -0.346 e. The Bertz CT molecular complexity index is 611. The molecule has 2 heterocycles. The fraction of sp³-hybridized carbons (Fsp3) is 0.692. The lowest BCUT2D eigenvalue weighted by Gasteiger charge is -2.18. The third-order valence-corrected chi connectivity index (χ3v) is 5.03. The molecule has 2 rings (SSSR count). The van der Waals surface area contributed by atoms with Crippen LogP contribution in [0, 0.1) is 12.8 Å². The zero-order valence-electron chi connectivity index (χ0n) is 12.6. The summed E-state index contributed by atoms with van der Waals surface area (Å²) in [7, 11) is -3.22. The van der Waals surface area contributed by atoms with Crippen LogP contribution < -0.4 is 5.32 Å². The van der Waals surface area contributed by atoms with E-state index in [-0.39, 0.29) is 17.9 Å². The second-order valence-corrected chi connectivity index (χ2v) is 7.63. The fourth-order valence-electron chi connectivity index (χ4n) is 2.71. The molecular formula is C13H22N4O3S. The van der Waals surface area contributed by atoms with Crippen LogP contribution in [0.25, 0.3) is 0 Å². The minimum atomic E-state index is -3.22. The molecule has 1 aliphatic rings. The van der Waals surface area contributed by atoms with E-state index in [4.69, 9.17) is 0 Å². The van der Waals surface area contributed by atoms with Crippen molar-refractivity contribution in [3.05, 3.63) is 17.5 Å². The highest BCUT2D eigenvalue weighted by Gasteiger charge is 2.37. The average molecular weight is 314 g/mol. The molecule has 1 aliphatic heterocycles. The van der Waals surface area contributed by atoms with E-state index in [1.165, 1.54) is 10.6 Å². The zero-order valence-corrected chi connectivity index (χ0v) is 13.4. The number of nitrogens with one attached hydrogen (secondary N) is 2. The van der Waals surface area contributed by atoms with Crippen molar-refractivity contribution in [2.24, 2.45) is 5.92 Å². The minimum absolute atomic E-state index is 0.147. The molecule has 8 heteroatoms. The maximum Gasteiger partial charge on any atom is 0.272 e. The zero-order chi connectivity index (χ0) is 15.6. The maximum atomic E-state index is 12.2. The van der Waals surface area contributed by atoms with Crippen molar-refractivity contribution in [3.63, 3.8) is 0 Å². The Balaban J connectivity index is 2.07. The van der Waals surface area contributed by atoms with E-state index >= 15 is 0 Å². The number of carbonyl (C=O) groups excluding carboxylic acids is 1. The molecule has 21 heavy (non-hydrogen) atoms. The number of aromatic nitrogens is 2. The smallest absolute Gasteiger partial charge is 0.272 e. The van der Waals surface area contributed by atoms with Crippen LogP contribution >= 0.6 is 0 Å². The molecule has 1 aromatic rings. The van der Waals surface area contributed by atoms with E-state index in [1.807, 2.05) is 6.92 Å². The summed E-state index contributed by atoms with van der Waals surface area (Å²) in [5, 5.41) is 9.57. The van der Waals surface area contributed by atoms with Gasteiger partial charge in [-0.1, -0.05) is 13.3 Å². The molecule has 118 valence electrons. The first kappa shape index (κ1) is 16.0. The van der Waals surface area contributed by atoms with E-state index in [2.05, 4.69) is 22.4 Å². The standard InChI is InChI=1S/C13H22N4O3S/c1-4-5-10-7-17(21(3,19)20)8-12(10)14-13(18)11-6-9(2)15-16-11/h6,10,12H,4-5,7-8H2,1-3H3,(H,14,18)(H,15,16)/t10-,12-/m1/s1. The summed E-state index contributed by atoms with van der Waals surface area (Å²) < 4.78 is 24.8. The molecule has 0 aromatic carbocycles. The summed E-state index contributed by atoms with van der Waals surface area (Å²) in [6.45, 7) is 4.68. The van der Waals surface area contributed by atoms with Gasteiger partial charge in [-0.3, -0.25) is 9.89 Å². The van der Waals surface area contributed by atoms with Crippen LogP contribution in [0.1, 0.15) is 35.9 Å². The van der Waals surface area contributed by atoms with Gasteiger partial charge in [0, 0.05) is 24.8 Å². The maximum absolute atomic E-state index is 12.2. The van der Waals surface area contributed by atoms with Crippen molar-refractivity contribution in [1.82, 2.24) is 19.8 Å². The summed E-state index contributed by atoms with van der Waals surface area (Å²) in [6, 6.07) is 1.51. The summed E-state index contributed by atoms with van der Waals surface area (Å²) in [5.74, 6) is -0.116. The number of carbonyl (C=O) groups is 1. The molecule has 0 saturated carbocycles. The summed E-state index contributed by atoms with van der Waals surface area (Å²) in [4.78, 5) is 12.2. The topological polar surface area (TPSA) is 95.2 Å². The van der Waals surface area contributed by atoms with Crippen LogP contribution in [0.3, 0.4) is 0 Å². The Hall–Kier alpha value is -1.41. The Morgan fingerprint density at radius 3 is 2.76 bits per heavy atom. The second-order valence-electron chi connectivity index (χ2n) is 5.64. The van der Waals surface area contributed by atoms with E-state index in [9.17, 15) is 13.2 Å². The Labute approximate surface area is 125 Å². The van der Waals surface area contributed by atoms with Gasteiger partial charge in [-0.15, -0.1) is 0 Å². The molecule has 1 aromatic heterocycles. The third kappa shape index (κ3) is 3.82. The van der Waals surface area contributed by atoms with Gasteiger partial charge in [0.1, 0.15) is 5.69 Å². The van der Waals surface area contributed by atoms with E-state index in [1.54, 1.807) is 6.07 Å². The van der Waals surface area contributed by atoms with Crippen molar-refractivity contribution >= 4 is 15.9 Å². The van der Waals surface area contributed by atoms with Crippen molar-refractivity contribution in [1.29, 1.82) is 0 Å². The van der Waals surface area contributed by atoms with Gasteiger partial charge < -0.3 is 5.32 Å². The Morgan fingerprint density at radius 2 is 2.24 bits per heavy atom. The van der Waals surface area contributed by atoms with E-state index < -0.39 is 10.0 Å². The largest absolute Gasteiger partial charge is 0.346 e. The molecule has 2 N–H and O–H groups in total. The van der Waals surface area contributed by atoms with E-state index in [0.717, 1.165) is 18.5 Å². The van der Waals surface area contributed by atoms with Gasteiger partial charge in [-0.25, -0.2) is 8.42 Å². The molecule has 1 amide bonds. The number of aromatic amines is 1. The molecule has 0 radical (unpaired) electrons. The highest BCUT2D eigenvalue weighted by atomic mass is 32.2. The van der Waals surface area contributed by atoms with Crippen LogP contribution in [0.2, 0.25) is 0 Å². The first-order valence-corrected chi connectivity index (χ1v) is 8.94. The number of nitrogens with zero attached hydrogens (tertiary/aromatic N) is 2. The number of hydrogen-bond donors (Lipinski definition) is 2. The van der Waals surface area contributed by atoms with Gasteiger partial charge in [0.15, 0.2) is 0 Å². The number of H-pyrrole nitrogens is 1. The number of amides is 1. The molecule has 0 bridgehead atoms. The summed E-state index contributed by atoms with van der Waals surface area (Å²) >= 11 is 0. The molecular weight excluding hydrogens is 292 g/mol.